The highest BCUT2D eigenvalue weighted by Gasteiger charge is 2.01. The van der Waals surface area contributed by atoms with Crippen LogP contribution in [0.25, 0.3) is 0 Å². The number of rotatable bonds is 3. The van der Waals surface area contributed by atoms with Gasteiger partial charge in [-0.2, -0.15) is 0 Å². The van der Waals surface area contributed by atoms with Crippen molar-refractivity contribution < 1.29 is 8.78 Å². The molecule has 0 aliphatic rings. The number of hydrogen-bond donors (Lipinski definition) is 1. The van der Waals surface area contributed by atoms with E-state index in [1.807, 2.05) is 6.92 Å². The van der Waals surface area contributed by atoms with E-state index in [2.05, 4.69) is 5.32 Å². The molecule has 0 atom stereocenters. The van der Waals surface area contributed by atoms with E-state index in [9.17, 15) is 8.78 Å². The summed E-state index contributed by atoms with van der Waals surface area (Å²) in [6, 6.07) is 3.46. The fraction of sp³-hybridized carbons (Fsp3) is 0.333. The summed E-state index contributed by atoms with van der Waals surface area (Å²) in [7, 11) is 0. The minimum Gasteiger partial charge on any atom is -0.313 e. The van der Waals surface area contributed by atoms with Gasteiger partial charge in [0.25, 0.3) is 0 Å². The van der Waals surface area contributed by atoms with Crippen LogP contribution in [0.1, 0.15) is 12.5 Å². The van der Waals surface area contributed by atoms with Crippen molar-refractivity contribution in [3.63, 3.8) is 0 Å². The van der Waals surface area contributed by atoms with Crippen molar-refractivity contribution in [3.8, 4) is 0 Å². The molecule has 0 bridgehead atoms. The second-order valence-corrected chi connectivity index (χ2v) is 2.52. The van der Waals surface area contributed by atoms with Crippen molar-refractivity contribution >= 4 is 0 Å². The zero-order chi connectivity index (χ0) is 8.97. The Kier molecular flexibility index (Phi) is 3.17. The van der Waals surface area contributed by atoms with Crippen LogP contribution in [0.4, 0.5) is 8.78 Å². The zero-order valence-electron chi connectivity index (χ0n) is 6.90. The molecule has 1 rings (SSSR count). The Labute approximate surface area is 70.4 Å². The zero-order valence-corrected chi connectivity index (χ0v) is 6.90. The highest BCUT2D eigenvalue weighted by molar-refractivity contribution is 5.18. The topological polar surface area (TPSA) is 12.0 Å². The van der Waals surface area contributed by atoms with Crippen LogP contribution in [0.15, 0.2) is 18.2 Å². The SMILES string of the molecule is CCNCc1cc(F)ccc1F. The average Bonchev–Trinajstić information content (AvgIpc) is 2.07. The summed E-state index contributed by atoms with van der Waals surface area (Å²) < 4.78 is 25.5. The Morgan fingerprint density at radius 3 is 2.75 bits per heavy atom. The van der Waals surface area contributed by atoms with Crippen LogP contribution in [-0.4, -0.2) is 6.54 Å². The first-order valence-corrected chi connectivity index (χ1v) is 3.88. The van der Waals surface area contributed by atoms with Gasteiger partial charge in [0.1, 0.15) is 11.6 Å². The van der Waals surface area contributed by atoms with Crippen molar-refractivity contribution in [1.82, 2.24) is 5.32 Å². The molecular formula is C9H11F2N. The Balaban J connectivity index is 2.75. The van der Waals surface area contributed by atoms with E-state index in [1.165, 1.54) is 6.07 Å². The van der Waals surface area contributed by atoms with Crippen molar-refractivity contribution in [3.05, 3.63) is 35.4 Å². The van der Waals surface area contributed by atoms with E-state index in [-0.39, 0.29) is 5.82 Å². The van der Waals surface area contributed by atoms with Gasteiger partial charge in [0.05, 0.1) is 0 Å². The van der Waals surface area contributed by atoms with E-state index in [0.29, 0.717) is 12.1 Å². The Bertz CT molecular complexity index is 261. The van der Waals surface area contributed by atoms with Gasteiger partial charge in [-0.3, -0.25) is 0 Å². The molecule has 0 saturated carbocycles. The van der Waals surface area contributed by atoms with E-state index in [0.717, 1.165) is 18.7 Å². The Morgan fingerprint density at radius 2 is 2.08 bits per heavy atom. The molecule has 0 heterocycles. The van der Waals surface area contributed by atoms with Crippen molar-refractivity contribution in [2.45, 2.75) is 13.5 Å². The minimum absolute atomic E-state index is 0.364. The summed E-state index contributed by atoms with van der Waals surface area (Å²) in [5, 5.41) is 2.93. The van der Waals surface area contributed by atoms with Crippen LogP contribution in [0, 0.1) is 11.6 Å². The van der Waals surface area contributed by atoms with Gasteiger partial charge >= 0.3 is 0 Å². The van der Waals surface area contributed by atoms with E-state index < -0.39 is 5.82 Å². The fourth-order valence-corrected chi connectivity index (χ4v) is 0.938. The van der Waals surface area contributed by atoms with Gasteiger partial charge in [-0.15, -0.1) is 0 Å². The van der Waals surface area contributed by atoms with Crippen LogP contribution in [0.5, 0.6) is 0 Å². The Hall–Kier alpha value is -0.960. The molecule has 0 radical (unpaired) electrons. The molecule has 0 spiro atoms. The maximum atomic E-state index is 12.9. The molecule has 66 valence electrons. The molecule has 3 heteroatoms. The lowest BCUT2D eigenvalue weighted by Crippen LogP contribution is -2.13. The molecule has 0 saturated heterocycles. The molecule has 0 fully saturated rings. The molecule has 1 aromatic carbocycles. The molecule has 0 aliphatic heterocycles. The molecule has 0 unspecified atom stereocenters. The second-order valence-electron chi connectivity index (χ2n) is 2.52. The normalized spacial score (nSPS) is 10.2. The van der Waals surface area contributed by atoms with Crippen molar-refractivity contribution in [2.75, 3.05) is 6.54 Å². The van der Waals surface area contributed by atoms with E-state index in [4.69, 9.17) is 0 Å². The Morgan fingerprint density at radius 1 is 1.33 bits per heavy atom. The summed E-state index contributed by atoms with van der Waals surface area (Å²) >= 11 is 0. The van der Waals surface area contributed by atoms with Crippen LogP contribution in [0.3, 0.4) is 0 Å². The van der Waals surface area contributed by atoms with Crippen LogP contribution in [-0.2, 0) is 6.54 Å². The molecular weight excluding hydrogens is 160 g/mol. The van der Waals surface area contributed by atoms with E-state index in [1.54, 1.807) is 0 Å². The van der Waals surface area contributed by atoms with Gasteiger partial charge in [0.2, 0.25) is 0 Å². The molecule has 1 N–H and O–H groups in total. The maximum absolute atomic E-state index is 12.9. The standard InChI is InChI=1S/C9H11F2N/c1-2-12-6-7-5-8(10)3-4-9(7)11/h3-5,12H,2,6H2,1H3. The second kappa shape index (κ2) is 4.16. The molecule has 1 aromatic rings. The minimum atomic E-state index is -0.399. The maximum Gasteiger partial charge on any atom is 0.127 e. The quantitative estimate of drug-likeness (QED) is 0.734. The lowest BCUT2D eigenvalue weighted by molar-refractivity contribution is 0.572. The smallest absolute Gasteiger partial charge is 0.127 e. The number of nitrogens with one attached hydrogen (secondary N) is 1. The van der Waals surface area contributed by atoms with Crippen molar-refractivity contribution in [1.29, 1.82) is 0 Å². The lowest BCUT2D eigenvalue weighted by Gasteiger charge is -2.02. The predicted molar refractivity (Wildman–Crippen MR) is 43.7 cm³/mol. The van der Waals surface area contributed by atoms with Crippen LogP contribution >= 0.6 is 0 Å². The monoisotopic (exact) mass is 171 g/mol. The van der Waals surface area contributed by atoms with E-state index >= 15 is 0 Å². The van der Waals surface area contributed by atoms with Crippen LogP contribution < -0.4 is 5.32 Å². The first-order valence-electron chi connectivity index (χ1n) is 3.88. The summed E-state index contributed by atoms with van der Waals surface area (Å²) in [5.41, 5.74) is 0.372. The van der Waals surface area contributed by atoms with Gasteiger partial charge < -0.3 is 5.32 Å². The fourth-order valence-electron chi connectivity index (χ4n) is 0.938. The van der Waals surface area contributed by atoms with Gasteiger partial charge in [-0.1, -0.05) is 6.92 Å². The third kappa shape index (κ3) is 2.27. The number of benzene rings is 1. The summed E-state index contributed by atoms with van der Waals surface area (Å²) in [6.07, 6.45) is 0. The largest absolute Gasteiger partial charge is 0.313 e. The highest BCUT2D eigenvalue weighted by atomic mass is 19.1. The predicted octanol–water partition coefficient (Wildman–Crippen LogP) is 2.07. The van der Waals surface area contributed by atoms with Gasteiger partial charge in [-0.05, 0) is 24.7 Å². The summed E-state index contributed by atoms with van der Waals surface area (Å²) in [6.45, 7) is 3.03. The number of halogens is 2. The first kappa shape index (κ1) is 9.13. The molecule has 1 nitrogen and oxygen atoms in total. The van der Waals surface area contributed by atoms with Gasteiger partial charge in [-0.25, -0.2) is 8.78 Å². The van der Waals surface area contributed by atoms with Gasteiger partial charge in [0.15, 0.2) is 0 Å². The molecule has 12 heavy (non-hydrogen) atoms. The molecule has 0 amide bonds. The van der Waals surface area contributed by atoms with Crippen molar-refractivity contribution in [2.24, 2.45) is 0 Å². The number of hydrogen-bond acceptors (Lipinski definition) is 1. The average molecular weight is 171 g/mol. The third-order valence-corrected chi connectivity index (χ3v) is 1.57. The molecule has 0 aromatic heterocycles. The summed E-state index contributed by atoms with van der Waals surface area (Å²) in [5.74, 6) is -0.762. The molecule has 0 aliphatic carbocycles. The summed E-state index contributed by atoms with van der Waals surface area (Å²) in [4.78, 5) is 0. The third-order valence-electron chi connectivity index (χ3n) is 1.57. The first-order chi connectivity index (χ1) is 5.74. The lowest BCUT2D eigenvalue weighted by atomic mass is 10.2. The van der Waals surface area contributed by atoms with Gasteiger partial charge in [0, 0.05) is 12.1 Å². The highest BCUT2D eigenvalue weighted by Crippen LogP contribution is 2.08. The van der Waals surface area contributed by atoms with Crippen LogP contribution in [0.2, 0.25) is 0 Å².